The molecule has 0 aromatic carbocycles. The monoisotopic (exact) mass is 1100 g/mol. The Balaban J connectivity index is 1.28. The molecule has 3 heterocycles. The number of amides is 2. The molecule has 1 aliphatic rings. The zero-order valence-corrected chi connectivity index (χ0v) is 44.1. The molecule has 0 bridgehead atoms. The third kappa shape index (κ3) is 23.8. The standard InChI is InChI=1S/C43H70N7O18P3S/c1-4-5-6-7-8-9-10-11-12-13-14-15-16-17-18-19-20-21-31(51)26-34(53)72-25-24-45-33(52)22-23-46-41(56)38(55)43(2,3)28-65-71(62,63)68-70(60,61)64-27-32-37(67-69(57,58)59)36(54)42(66-32)50-30-49-35-39(44)47-29-48-40(35)50/h8-9,11-12,14-15,29-30,32,36-38,42,54-55H,4-7,10,13,16-28H2,1-3H3,(H,45,52)(H,46,56)(H,60,61)(H,62,63)(H2,44,47,48)(H2,57,58,59)/b9-8-,12-11-,15-14-/t32-,36+,37+,38-,42-/m0/s1. The van der Waals surface area contributed by atoms with E-state index in [2.05, 4.69) is 77.8 Å². The van der Waals surface area contributed by atoms with E-state index in [1.54, 1.807) is 0 Å². The molecule has 1 aliphatic heterocycles. The Morgan fingerprint density at radius 1 is 0.875 bits per heavy atom. The van der Waals surface area contributed by atoms with E-state index in [4.69, 9.17) is 19.5 Å². The molecule has 0 spiro atoms. The topological polar surface area (TPSA) is 381 Å². The minimum Gasteiger partial charge on any atom is -0.386 e. The van der Waals surface area contributed by atoms with Crippen molar-refractivity contribution >= 4 is 74.9 Å². The van der Waals surface area contributed by atoms with Crippen molar-refractivity contribution in [1.29, 1.82) is 0 Å². The predicted octanol–water partition coefficient (Wildman–Crippen LogP) is 4.99. The Labute approximate surface area is 422 Å². The van der Waals surface area contributed by atoms with Gasteiger partial charge in [-0.05, 0) is 44.9 Å². The SMILES string of the molecule is CCCCC/C=C\C/C=C\C/C=C\CCCCCCC(=O)CC(=O)SCCNC(=O)CCNC(=O)[C@H](O)C(C)(C)COP(=O)(O)OP(=O)(O)OC[C@@H]1O[C@H](n2cnc3c(N)ncnc32)[C@H](O)[C@@H]1OP(=O)(O)O. The number of aliphatic hydroxyl groups is 2. The number of thioether (sulfide) groups is 1. The number of phosphoric acid groups is 3. The second kappa shape index (κ2) is 31.4. The molecule has 10 N–H and O–H groups in total. The van der Waals surface area contributed by atoms with E-state index < -0.39 is 84.6 Å². The Morgan fingerprint density at radius 3 is 2.18 bits per heavy atom. The average molecular weight is 1100 g/mol. The number of unbranched alkanes of at least 4 members (excludes halogenated alkanes) is 7. The van der Waals surface area contributed by atoms with Crippen LogP contribution >= 0.6 is 35.2 Å². The number of carbonyl (C=O) groups is 4. The average Bonchev–Trinajstić information content (AvgIpc) is 3.86. The fourth-order valence-corrected chi connectivity index (χ4v) is 10.3. The van der Waals surface area contributed by atoms with Crippen molar-refractivity contribution in [3.8, 4) is 0 Å². The summed E-state index contributed by atoms with van der Waals surface area (Å²) in [6.45, 7) is 2.52. The second-order valence-electron chi connectivity index (χ2n) is 17.3. The van der Waals surface area contributed by atoms with E-state index in [-0.39, 0.29) is 59.6 Å². The molecule has 406 valence electrons. The van der Waals surface area contributed by atoms with Crippen molar-refractivity contribution in [2.75, 3.05) is 37.8 Å². The number of ether oxygens (including phenoxy) is 1. The summed E-state index contributed by atoms with van der Waals surface area (Å²) in [6.07, 6.45) is 17.7. The van der Waals surface area contributed by atoms with E-state index in [1.807, 2.05) is 0 Å². The van der Waals surface area contributed by atoms with Gasteiger partial charge in [-0.1, -0.05) is 94.7 Å². The largest absolute Gasteiger partial charge is 0.481 e. The first-order valence-electron chi connectivity index (χ1n) is 23.5. The van der Waals surface area contributed by atoms with Crippen LogP contribution in [0.5, 0.6) is 0 Å². The number of hydrogen-bond acceptors (Lipinski definition) is 19. The highest BCUT2D eigenvalue weighted by molar-refractivity contribution is 8.13. The van der Waals surface area contributed by atoms with Crippen molar-refractivity contribution in [3.63, 3.8) is 0 Å². The summed E-state index contributed by atoms with van der Waals surface area (Å²) >= 11 is 0.927. The van der Waals surface area contributed by atoms with Crippen molar-refractivity contribution in [2.24, 2.45) is 5.41 Å². The number of ketones is 1. The molecule has 2 unspecified atom stereocenters. The van der Waals surface area contributed by atoms with Gasteiger partial charge in [0.2, 0.25) is 11.8 Å². The number of phosphoric ester groups is 3. The van der Waals surface area contributed by atoms with Crippen LogP contribution in [0.4, 0.5) is 5.82 Å². The van der Waals surface area contributed by atoms with Crippen molar-refractivity contribution < 1.29 is 85.3 Å². The zero-order chi connectivity index (χ0) is 53.4. The summed E-state index contributed by atoms with van der Waals surface area (Å²) in [5, 5.41) is 26.2. The van der Waals surface area contributed by atoms with Crippen molar-refractivity contribution in [3.05, 3.63) is 49.1 Å². The number of anilines is 1. The zero-order valence-electron chi connectivity index (χ0n) is 40.6. The van der Waals surface area contributed by atoms with Gasteiger partial charge < -0.3 is 50.9 Å². The van der Waals surface area contributed by atoms with Crippen LogP contribution in [0.3, 0.4) is 0 Å². The number of carbonyl (C=O) groups excluding carboxylic acids is 4. The highest BCUT2D eigenvalue weighted by Crippen LogP contribution is 2.61. The number of fused-ring (bicyclic) bond motifs is 1. The molecular weight excluding hydrogens is 1030 g/mol. The first-order chi connectivity index (χ1) is 33.9. The second-order valence-corrected chi connectivity index (χ2v) is 22.7. The van der Waals surface area contributed by atoms with E-state index in [9.17, 15) is 62.7 Å². The molecule has 2 amide bonds. The van der Waals surface area contributed by atoms with Gasteiger partial charge in [0.15, 0.2) is 22.8 Å². The molecule has 72 heavy (non-hydrogen) atoms. The maximum Gasteiger partial charge on any atom is 0.481 e. The summed E-state index contributed by atoms with van der Waals surface area (Å²) in [5.41, 5.74) is 4.24. The summed E-state index contributed by atoms with van der Waals surface area (Å²) in [7, 11) is -16.5. The lowest BCUT2D eigenvalue weighted by molar-refractivity contribution is -0.137. The van der Waals surface area contributed by atoms with E-state index in [0.29, 0.717) is 6.42 Å². The maximum absolute atomic E-state index is 12.8. The number of imidazole rings is 1. The molecule has 0 radical (unpaired) electrons. The number of aromatic nitrogens is 4. The molecule has 2 aromatic heterocycles. The molecular formula is C43H70N7O18P3S. The van der Waals surface area contributed by atoms with Crippen LogP contribution in [-0.2, 0) is 55.5 Å². The number of aliphatic hydroxyl groups excluding tert-OH is 2. The molecule has 7 atom stereocenters. The summed E-state index contributed by atoms with van der Waals surface area (Å²) in [5.74, 6) is -1.44. The number of Topliss-reactive ketones (excluding diaryl/α,β-unsaturated/α-hetero) is 1. The van der Waals surface area contributed by atoms with E-state index in [0.717, 1.165) is 80.4 Å². The lowest BCUT2D eigenvalue weighted by atomic mass is 9.87. The summed E-state index contributed by atoms with van der Waals surface area (Å²) < 4.78 is 62.4. The summed E-state index contributed by atoms with van der Waals surface area (Å²) in [6, 6.07) is 0. The van der Waals surface area contributed by atoms with Gasteiger partial charge in [-0.2, -0.15) is 4.31 Å². The normalized spacial score (nSPS) is 19.8. The van der Waals surface area contributed by atoms with Gasteiger partial charge >= 0.3 is 23.5 Å². The first kappa shape index (κ1) is 62.7. The molecule has 1 fully saturated rings. The molecule has 0 aliphatic carbocycles. The lowest BCUT2D eigenvalue weighted by Gasteiger charge is -2.30. The van der Waals surface area contributed by atoms with Gasteiger partial charge in [0.1, 0.15) is 42.0 Å². The molecule has 0 saturated carbocycles. The number of rotatable bonds is 36. The smallest absolute Gasteiger partial charge is 0.386 e. The third-order valence-electron chi connectivity index (χ3n) is 10.7. The van der Waals surface area contributed by atoms with Crippen LogP contribution in [0.15, 0.2) is 49.1 Å². The quantitative estimate of drug-likeness (QED) is 0.0188. The number of nitrogen functional groups attached to an aromatic ring is 1. The van der Waals surface area contributed by atoms with Gasteiger partial charge in [0.05, 0.1) is 26.0 Å². The number of nitrogens with one attached hydrogen (secondary N) is 2. The van der Waals surface area contributed by atoms with E-state index >= 15 is 0 Å². The molecule has 29 heteroatoms. The molecule has 1 saturated heterocycles. The van der Waals surface area contributed by atoms with Crippen LogP contribution < -0.4 is 16.4 Å². The van der Waals surface area contributed by atoms with Crippen molar-refractivity contribution in [1.82, 2.24) is 30.2 Å². The minimum absolute atomic E-state index is 0.0246. The van der Waals surface area contributed by atoms with Gasteiger partial charge in [0.25, 0.3) is 0 Å². The van der Waals surface area contributed by atoms with Gasteiger partial charge in [-0.15, -0.1) is 0 Å². The fraction of sp³-hybridized carbons (Fsp3) is 0.651. The van der Waals surface area contributed by atoms with Crippen LogP contribution in [-0.4, -0.2) is 128 Å². The Hall–Kier alpha value is -3.55. The van der Waals surface area contributed by atoms with E-state index in [1.165, 1.54) is 33.1 Å². The van der Waals surface area contributed by atoms with Gasteiger partial charge in [-0.25, -0.2) is 28.6 Å². The predicted molar refractivity (Wildman–Crippen MR) is 265 cm³/mol. The summed E-state index contributed by atoms with van der Waals surface area (Å²) in [4.78, 5) is 101. The molecule has 3 rings (SSSR count). The Kier molecular flexibility index (Phi) is 27.3. The van der Waals surface area contributed by atoms with Crippen LogP contribution in [0, 0.1) is 5.41 Å². The Bertz CT molecular complexity index is 2300. The molecule has 2 aromatic rings. The first-order valence-corrected chi connectivity index (χ1v) is 29.0. The van der Waals surface area contributed by atoms with Gasteiger partial charge in [-0.3, -0.25) is 37.3 Å². The van der Waals surface area contributed by atoms with Crippen LogP contribution in [0.1, 0.15) is 117 Å². The Morgan fingerprint density at radius 2 is 1.51 bits per heavy atom. The number of nitrogens with two attached hydrogens (primary N) is 1. The minimum atomic E-state index is -5.60. The maximum atomic E-state index is 12.8. The highest BCUT2D eigenvalue weighted by atomic mass is 32.2. The number of hydrogen-bond donors (Lipinski definition) is 9. The third-order valence-corrected chi connectivity index (χ3v) is 14.7. The van der Waals surface area contributed by atoms with Crippen molar-refractivity contribution in [2.45, 2.75) is 141 Å². The van der Waals surface area contributed by atoms with Crippen LogP contribution in [0.25, 0.3) is 11.2 Å². The number of nitrogens with zero attached hydrogens (tertiary/aromatic N) is 4. The van der Waals surface area contributed by atoms with Crippen LogP contribution in [0.2, 0.25) is 0 Å². The highest BCUT2D eigenvalue weighted by Gasteiger charge is 2.50. The molecule has 25 nitrogen and oxygen atoms in total. The van der Waals surface area contributed by atoms with Gasteiger partial charge in [0, 0.05) is 37.1 Å². The fourth-order valence-electron chi connectivity index (χ4n) is 6.82. The number of allylic oxidation sites excluding steroid dienone is 6. The lowest BCUT2D eigenvalue weighted by Crippen LogP contribution is -2.46.